The normalized spacial score (nSPS) is 17.0. The Morgan fingerprint density at radius 3 is 2.48 bits per heavy atom. The minimum Gasteiger partial charge on any atom is -0.480 e. The molecule has 2 rings (SSSR count). The van der Waals surface area contributed by atoms with Crippen LogP contribution in [0, 0.1) is 12.8 Å². The van der Waals surface area contributed by atoms with E-state index in [-0.39, 0.29) is 11.6 Å². The lowest BCUT2D eigenvalue weighted by molar-refractivity contribution is -0.144. The molecule has 0 radical (unpaired) electrons. The average molecular weight is 331 g/mol. The van der Waals surface area contributed by atoms with E-state index < -0.39 is 17.5 Å². The maximum Gasteiger partial charge on any atom is 0.329 e. The van der Waals surface area contributed by atoms with E-state index in [4.69, 9.17) is 23.2 Å². The summed E-state index contributed by atoms with van der Waals surface area (Å²) in [4.78, 5) is 23.5. The number of carbonyl (C=O) groups is 2. The van der Waals surface area contributed by atoms with Crippen LogP contribution >= 0.6 is 23.2 Å². The molecule has 7 heteroatoms. The van der Waals surface area contributed by atoms with Gasteiger partial charge in [-0.3, -0.25) is 0 Å². The highest BCUT2D eigenvalue weighted by Gasteiger charge is 2.48. The summed E-state index contributed by atoms with van der Waals surface area (Å²) in [6.07, 6.45) is 1.57. The monoisotopic (exact) mass is 330 g/mol. The van der Waals surface area contributed by atoms with Crippen LogP contribution in [0.3, 0.4) is 0 Å². The van der Waals surface area contributed by atoms with Gasteiger partial charge in [-0.05, 0) is 44.2 Å². The van der Waals surface area contributed by atoms with Gasteiger partial charge in [0.1, 0.15) is 5.54 Å². The van der Waals surface area contributed by atoms with Crippen molar-refractivity contribution in [1.29, 1.82) is 0 Å². The fourth-order valence-corrected chi connectivity index (χ4v) is 2.61. The third kappa shape index (κ3) is 3.24. The van der Waals surface area contributed by atoms with Gasteiger partial charge >= 0.3 is 12.0 Å². The van der Waals surface area contributed by atoms with E-state index in [2.05, 4.69) is 10.6 Å². The van der Waals surface area contributed by atoms with Crippen LogP contribution in [0.2, 0.25) is 10.0 Å². The van der Waals surface area contributed by atoms with Crippen LogP contribution in [-0.4, -0.2) is 22.6 Å². The Hall–Kier alpha value is -1.46. The molecule has 0 aliphatic heterocycles. The Bertz CT molecular complexity index is 602. The molecule has 1 atom stereocenters. The predicted octanol–water partition coefficient (Wildman–Crippen LogP) is 3.68. The van der Waals surface area contributed by atoms with Gasteiger partial charge in [-0.15, -0.1) is 0 Å². The summed E-state index contributed by atoms with van der Waals surface area (Å²) in [5.41, 5.74) is -0.244. The number of halogens is 2. The second-order valence-corrected chi connectivity index (χ2v) is 6.20. The van der Waals surface area contributed by atoms with Crippen molar-refractivity contribution < 1.29 is 14.7 Å². The Kier molecular flexibility index (Phi) is 4.35. The van der Waals surface area contributed by atoms with Gasteiger partial charge in [0.2, 0.25) is 0 Å². The van der Waals surface area contributed by atoms with Crippen LogP contribution in [-0.2, 0) is 4.79 Å². The van der Waals surface area contributed by atoms with Gasteiger partial charge in [0.05, 0.1) is 15.7 Å². The van der Waals surface area contributed by atoms with Gasteiger partial charge in [0.25, 0.3) is 0 Å². The molecule has 114 valence electrons. The van der Waals surface area contributed by atoms with Crippen LogP contribution in [0.15, 0.2) is 12.1 Å². The first-order valence-corrected chi connectivity index (χ1v) is 7.28. The topological polar surface area (TPSA) is 78.4 Å². The molecule has 1 saturated carbocycles. The molecule has 0 spiro atoms. The van der Waals surface area contributed by atoms with E-state index in [1.807, 2.05) is 0 Å². The molecule has 2 amide bonds. The van der Waals surface area contributed by atoms with Crippen molar-refractivity contribution >= 4 is 40.9 Å². The summed E-state index contributed by atoms with van der Waals surface area (Å²) < 4.78 is 0. The Morgan fingerprint density at radius 2 is 1.95 bits per heavy atom. The molecule has 1 aromatic rings. The lowest BCUT2D eigenvalue weighted by Crippen LogP contribution is -2.55. The third-order valence-corrected chi connectivity index (χ3v) is 4.54. The van der Waals surface area contributed by atoms with E-state index in [1.165, 1.54) is 6.92 Å². The first kappa shape index (κ1) is 15.9. The number of anilines is 1. The Morgan fingerprint density at radius 1 is 1.33 bits per heavy atom. The number of carbonyl (C=O) groups excluding carboxylic acids is 1. The van der Waals surface area contributed by atoms with Crippen molar-refractivity contribution in [2.45, 2.75) is 32.2 Å². The largest absolute Gasteiger partial charge is 0.480 e. The molecule has 1 aliphatic carbocycles. The number of aryl methyl sites for hydroxylation is 1. The second kappa shape index (κ2) is 5.73. The number of carboxylic acid groups (broad SMARTS) is 1. The molecule has 0 saturated heterocycles. The van der Waals surface area contributed by atoms with Gasteiger partial charge in [-0.1, -0.05) is 29.3 Å². The first-order valence-electron chi connectivity index (χ1n) is 6.53. The van der Waals surface area contributed by atoms with Gasteiger partial charge in [-0.25, -0.2) is 9.59 Å². The number of rotatable bonds is 4. The number of aliphatic carboxylic acids is 1. The Labute approximate surface area is 132 Å². The highest BCUT2D eigenvalue weighted by atomic mass is 35.5. The molecule has 1 unspecified atom stereocenters. The Balaban J connectivity index is 2.15. The molecule has 21 heavy (non-hydrogen) atoms. The second-order valence-electron chi connectivity index (χ2n) is 5.41. The summed E-state index contributed by atoms with van der Waals surface area (Å²) in [5.74, 6) is -1.11. The molecule has 1 fully saturated rings. The number of carboxylic acids is 1. The van der Waals surface area contributed by atoms with Gasteiger partial charge in [0.15, 0.2) is 0 Å². The van der Waals surface area contributed by atoms with Gasteiger partial charge in [0, 0.05) is 0 Å². The van der Waals surface area contributed by atoms with Crippen molar-refractivity contribution in [2.75, 3.05) is 5.32 Å². The van der Waals surface area contributed by atoms with E-state index >= 15 is 0 Å². The van der Waals surface area contributed by atoms with Crippen molar-refractivity contribution in [2.24, 2.45) is 5.92 Å². The molecule has 0 heterocycles. The zero-order chi connectivity index (χ0) is 15.8. The van der Waals surface area contributed by atoms with Gasteiger partial charge in [-0.2, -0.15) is 0 Å². The van der Waals surface area contributed by atoms with Crippen LogP contribution in [0.4, 0.5) is 10.5 Å². The highest BCUT2D eigenvalue weighted by molar-refractivity contribution is 6.40. The summed E-state index contributed by atoms with van der Waals surface area (Å²) >= 11 is 12.1. The zero-order valence-corrected chi connectivity index (χ0v) is 13.2. The summed E-state index contributed by atoms with van der Waals surface area (Å²) in [5, 5.41) is 15.0. The standard InChI is InChI=1S/C14H16Cl2N2O3/c1-7-3-6-9(15)11(10(7)16)17-13(21)18-14(2,12(19)20)8-4-5-8/h3,6,8H,4-5H2,1-2H3,(H,19,20)(H2,17,18,21). The first-order chi connectivity index (χ1) is 9.75. The van der Waals surface area contributed by atoms with E-state index in [0.29, 0.717) is 10.0 Å². The fourth-order valence-electron chi connectivity index (χ4n) is 2.14. The van der Waals surface area contributed by atoms with Crippen LogP contribution in [0.1, 0.15) is 25.3 Å². The molecular formula is C14H16Cl2N2O3. The van der Waals surface area contributed by atoms with Crippen LogP contribution in [0.25, 0.3) is 0 Å². The van der Waals surface area contributed by atoms with Crippen molar-refractivity contribution in [3.63, 3.8) is 0 Å². The quantitative estimate of drug-likeness (QED) is 0.787. The highest BCUT2D eigenvalue weighted by Crippen LogP contribution is 2.40. The summed E-state index contributed by atoms with van der Waals surface area (Å²) in [6.45, 7) is 3.29. The zero-order valence-electron chi connectivity index (χ0n) is 11.7. The lowest BCUT2D eigenvalue weighted by Gasteiger charge is -2.26. The van der Waals surface area contributed by atoms with E-state index in [0.717, 1.165) is 18.4 Å². The predicted molar refractivity (Wildman–Crippen MR) is 82.1 cm³/mol. The molecule has 5 nitrogen and oxygen atoms in total. The smallest absolute Gasteiger partial charge is 0.329 e. The number of urea groups is 1. The number of nitrogens with one attached hydrogen (secondary N) is 2. The van der Waals surface area contributed by atoms with Crippen LogP contribution < -0.4 is 10.6 Å². The van der Waals surface area contributed by atoms with E-state index in [1.54, 1.807) is 19.1 Å². The lowest BCUT2D eigenvalue weighted by atomic mass is 9.96. The molecule has 1 aliphatic rings. The number of benzene rings is 1. The van der Waals surface area contributed by atoms with Crippen molar-refractivity contribution in [3.05, 3.63) is 27.7 Å². The summed E-state index contributed by atoms with van der Waals surface area (Å²) in [6, 6.07) is 2.72. The fraction of sp³-hybridized carbons (Fsp3) is 0.429. The van der Waals surface area contributed by atoms with E-state index in [9.17, 15) is 14.7 Å². The molecule has 1 aromatic carbocycles. The number of hydrogen-bond acceptors (Lipinski definition) is 2. The molecule has 0 bridgehead atoms. The summed E-state index contributed by atoms with van der Waals surface area (Å²) in [7, 11) is 0. The maximum atomic E-state index is 12.1. The van der Waals surface area contributed by atoms with Gasteiger partial charge < -0.3 is 15.7 Å². The minimum absolute atomic E-state index is 0.0517. The molecule has 0 aromatic heterocycles. The third-order valence-electron chi connectivity index (χ3n) is 3.73. The van der Waals surface area contributed by atoms with Crippen molar-refractivity contribution in [3.8, 4) is 0 Å². The van der Waals surface area contributed by atoms with Crippen molar-refractivity contribution in [1.82, 2.24) is 5.32 Å². The minimum atomic E-state index is -1.28. The SMILES string of the molecule is Cc1ccc(Cl)c(NC(=O)NC(C)(C(=O)O)C2CC2)c1Cl. The maximum absolute atomic E-state index is 12.1. The molecule has 3 N–H and O–H groups in total. The number of hydrogen-bond donors (Lipinski definition) is 3. The van der Waals surface area contributed by atoms with Crippen LogP contribution in [0.5, 0.6) is 0 Å². The number of amides is 2. The average Bonchev–Trinajstić information content (AvgIpc) is 3.23. The molecular weight excluding hydrogens is 315 g/mol.